The Morgan fingerprint density at radius 2 is 2.40 bits per heavy atom. The Balaban J connectivity index is 1.50. The summed E-state index contributed by atoms with van der Waals surface area (Å²) in [6.45, 7) is 6.19. The van der Waals surface area contributed by atoms with E-state index in [2.05, 4.69) is 27.3 Å². The van der Waals surface area contributed by atoms with E-state index in [0.29, 0.717) is 26.2 Å². The van der Waals surface area contributed by atoms with Gasteiger partial charge in [-0.2, -0.15) is 0 Å². The van der Waals surface area contributed by atoms with Gasteiger partial charge in [0.25, 0.3) is 0 Å². The molecule has 1 saturated heterocycles. The molecular weight excluding hydrogens is 322 g/mol. The second-order valence-corrected chi connectivity index (χ2v) is 6.25. The summed E-state index contributed by atoms with van der Waals surface area (Å²) in [6, 6.07) is 2.02. The topological polar surface area (TPSA) is 85.4 Å². The normalized spacial score (nSPS) is 18.4. The van der Waals surface area contributed by atoms with Crippen LogP contribution < -0.4 is 5.32 Å². The average Bonchev–Trinajstić information content (AvgIpc) is 3.27. The van der Waals surface area contributed by atoms with Gasteiger partial charge in [-0.1, -0.05) is 6.92 Å². The quantitative estimate of drug-likeness (QED) is 0.772. The molecule has 0 radical (unpaired) electrons. The van der Waals surface area contributed by atoms with E-state index >= 15 is 0 Å². The summed E-state index contributed by atoms with van der Waals surface area (Å²) in [5, 5.41) is 10.9. The minimum atomic E-state index is -0.00116. The predicted octanol–water partition coefficient (Wildman–Crippen LogP) is 1.19. The van der Waals surface area contributed by atoms with Crippen molar-refractivity contribution in [1.29, 1.82) is 0 Å². The Kier molecular flexibility index (Phi) is 6.19. The largest absolute Gasteiger partial charge is 0.472 e. The van der Waals surface area contributed by atoms with Gasteiger partial charge in [-0.25, -0.2) is 0 Å². The predicted molar refractivity (Wildman–Crippen MR) is 90.5 cm³/mol. The fraction of sp³-hybridized carbons (Fsp3) is 0.588. The Labute approximate surface area is 147 Å². The number of aryl methyl sites for hydroxylation is 1. The van der Waals surface area contributed by atoms with Crippen molar-refractivity contribution in [2.24, 2.45) is 0 Å². The number of hydrogen-bond donors (Lipinski definition) is 1. The zero-order valence-corrected chi connectivity index (χ0v) is 14.6. The van der Waals surface area contributed by atoms with E-state index in [9.17, 15) is 4.79 Å². The van der Waals surface area contributed by atoms with Crippen molar-refractivity contribution in [2.75, 3.05) is 19.8 Å². The number of ether oxygens (including phenoxy) is 1. The molecule has 0 spiro atoms. The lowest BCUT2D eigenvalue weighted by molar-refractivity contribution is -0.124. The highest BCUT2D eigenvalue weighted by Gasteiger charge is 2.25. The van der Waals surface area contributed by atoms with Gasteiger partial charge >= 0.3 is 0 Å². The first-order valence-corrected chi connectivity index (χ1v) is 8.72. The molecule has 0 unspecified atom stereocenters. The van der Waals surface area contributed by atoms with Crippen LogP contribution in [0, 0.1) is 0 Å². The van der Waals surface area contributed by atoms with Gasteiger partial charge in [0.15, 0.2) is 5.82 Å². The van der Waals surface area contributed by atoms with Crippen molar-refractivity contribution >= 4 is 5.91 Å². The summed E-state index contributed by atoms with van der Waals surface area (Å²) in [4.78, 5) is 14.6. The second-order valence-electron chi connectivity index (χ2n) is 6.25. The van der Waals surface area contributed by atoms with Crippen LogP contribution in [0.4, 0.5) is 0 Å². The van der Waals surface area contributed by atoms with Crippen molar-refractivity contribution in [1.82, 2.24) is 25.0 Å². The van der Waals surface area contributed by atoms with Crippen LogP contribution in [0.1, 0.15) is 31.2 Å². The van der Waals surface area contributed by atoms with Crippen LogP contribution in [0.3, 0.4) is 0 Å². The molecule has 0 aromatic carbocycles. The summed E-state index contributed by atoms with van der Waals surface area (Å²) in [7, 11) is 0. The SMILES string of the molecule is CCCn1cnnc1CNC(=O)C[C@@H]1COCCN1Cc1ccoc1. The van der Waals surface area contributed by atoms with E-state index in [1.165, 1.54) is 0 Å². The number of carbonyl (C=O) groups is 1. The molecule has 2 aromatic rings. The Morgan fingerprint density at radius 3 is 3.20 bits per heavy atom. The fourth-order valence-electron chi connectivity index (χ4n) is 3.01. The number of carbonyl (C=O) groups excluding carboxylic acids is 1. The summed E-state index contributed by atoms with van der Waals surface area (Å²) in [5.74, 6) is 0.782. The van der Waals surface area contributed by atoms with Crippen molar-refractivity contribution < 1.29 is 13.9 Å². The summed E-state index contributed by atoms with van der Waals surface area (Å²) >= 11 is 0. The lowest BCUT2D eigenvalue weighted by Gasteiger charge is -2.34. The standard InChI is InChI=1S/C17H25N5O3/c1-2-4-22-13-19-20-16(22)9-18-17(23)8-15-12-25-7-5-21(15)10-14-3-6-24-11-14/h3,6,11,13,15H,2,4-5,7-10,12H2,1H3,(H,18,23)/t15-/m1/s1. The lowest BCUT2D eigenvalue weighted by atomic mass is 10.1. The van der Waals surface area contributed by atoms with E-state index in [0.717, 1.165) is 37.4 Å². The molecule has 8 heteroatoms. The van der Waals surface area contributed by atoms with Gasteiger partial charge in [0.05, 0.1) is 32.3 Å². The molecule has 1 N–H and O–H groups in total. The van der Waals surface area contributed by atoms with E-state index in [-0.39, 0.29) is 11.9 Å². The third kappa shape index (κ3) is 4.90. The maximum Gasteiger partial charge on any atom is 0.222 e. The van der Waals surface area contributed by atoms with Crippen LogP contribution in [-0.2, 0) is 29.2 Å². The number of nitrogens with zero attached hydrogens (tertiary/aromatic N) is 4. The average molecular weight is 347 g/mol. The highest BCUT2D eigenvalue weighted by molar-refractivity contribution is 5.76. The first kappa shape index (κ1) is 17.6. The maximum atomic E-state index is 12.4. The third-order valence-corrected chi connectivity index (χ3v) is 4.34. The van der Waals surface area contributed by atoms with Gasteiger partial charge in [0, 0.05) is 37.7 Å². The van der Waals surface area contributed by atoms with E-state index in [1.807, 2.05) is 10.6 Å². The number of nitrogens with one attached hydrogen (secondary N) is 1. The van der Waals surface area contributed by atoms with Crippen LogP contribution in [0.5, 0.6) is 0 Å². The molecule has 136 valence electrons. The molecule has 1 fully saturated rings. The summed E-state index contributed by atoms with van der Waals surface area (Å²) < 4.78 is 12.7. The molecule has 3 rings (SSSR count). The maximum absolute atomic E-state index is 12.4. The highest BCUT2D eigenvalue weighted by Crippen LogP contribution is 2.15. The van der Waals surface area contributed by atoms with Crippen LogP contribution in [-0.4, -0.2) is 51.4 Å². The molecule has 8 nitrogen and oxygen atoms in total. The number of aromatic nitrogens is 3. The smallest absolute Gasteiger partial charge is 0.222 e. The van der Waals surface area contributed by atoms with Crippen molar-refractivity contribution in [2.45, 2.75) is 45.4 Å². The molecule has 1 aliphatic rings. The lowest BCUT2D eigenvalue weighted by Crippen LogP contribution is -2.47. The molecular formula is C17H25N5O3. The monoisotopic (exact) mass is 347 g/mol. The zero-order valence-electron chi connectivity index (χ0n) is 14.6. The summed E-state index contributed by atoms with van der Waals surface area (Å²) in [5.41, 5.74) is 1.11. The Hall–Kier alpha value is -2.19. The van der Waals surface area contributed by atoms with Crippen molar-refractivity contribution in [3.8, 4) is 0 Å². The molecule has 0 bridgehead atoms. The van der Waals surface area contributed by atoms with Gasteiger partial charge in [0.2, 0.25) is 5.91 Å². The van der Waals surface area contributed by atoms with Gasteiger partial charge in [-0.05, 0) is 12.5 Å². The minimum absolute atomic E-state index is 0.00116. The van der Waals surface area contributed by atoms with E-state index in [4.69, 9.17) is 9.15 Å². The van der Waals surface area contributed by atoms with Crippen LogP contribution >= 0.6 is 0 Å². The third-order valence-electron chi connectivity index (χ3n) is 4.34. The summed E-state index contributed by atoms with van der Waals surface area (Å²) in [6.07, 6.45) is 6.52. The zero-order chi connectivity index (χ0) is 17.5. The van der Waals surface area contributed by atoms with Gasteiger partial charge in [0.1, 0.15) is 6.33 Å². The number of furan rings is 1. The molecule has 2 aromatic heterocycles. The van der Waals surface area contributed by atoms with Crippen LogP contribution in [0.2, 0.25) is 0 Å². The first-order valence-electron chi connectivity index (χ1n) is 8.72. The highest BCUT2D eigenvalue weighted by atomic mass is 16.5. The van der Waals surface area contributed by atoms with E-state index in [1.54, 1.807) is 18.9 Å². The van der Waals surface area contributed by atoms with Gasteiger partial charge in [-0.3, -0.25) is 9.69 Å². The molecule has 0 saturated carbocycles. The number of morpholine rings is 1. The van der Waals surface area contributed by atoms with Gasteiger partial charge < -0.3 is 19.0 Å². The minimum Gasteiger partial charge on any atom is -0.472 e. The molecule has 0 aliphatic carbocycles. The Bertz CT molecular complexity index is 655. The molecule has 1 aliphatic heterocycles. The van der Waals surface area contributed by atoms with Crippen molar-refractivity contribution in [3.05, 3.63) is 36.3 Å². The van der Waals surface area contributed by atoms with Gasteiger partial charge in [-0.15, -0.1) is 10.2 Å². The number of amides is 1. The van der Waals surface area contributed by atoms with Crippen molar-refractivity contribution in [3.63, 3.8) is 0 Å². The first-order chi connectivity index (χ1) is 12.3. The second kappa shape index (κ2) is 8.77. The molecule has 1 amide bonds. The van der Waals surface area contributed by atoms with Crippen LogP contribution in [0.25, 0.3) is 0 Å². The fourth-order valence-corrected chi connectivity index (χ4v) is 3.01. The Morgan fingerprint density at radius 1 is 1.48 bits per heavy atom. The molecule has 1 atom stereocenters. The molecule has 3 heterocycles. The number of rotatable bonds is 8. The molecule has 25 heavy (non-hydrogen) atoms. The van der Waals surface area contributed by atoms with Crippen LogP contribution in [0.15, 0.2) is 29.3 Å². The number of hydrogen-bond acceptors (Lipinski definition) is 6. The van der Waals surface area contributed by atoms with E-state index < -0.39 is 0 Å².